The van der Waals surface area contributed by atoms with Crippen LogP contribution in [-0.4, -0.2) is 38.0 Å². The third-order valence-electron chi connectivity index (χ3n) is 4.05. The third kappa shape index (κ3) is 4.43. The quantitative estimate of drug-likeness (QED) is 0.454. The number of aromatic nitrogens is 4. The van der Waals surface area contributed by atoms with Gasteiger partial charge in [-0.15, -0.1) is 28.1 Å². The Labute approximate surface area is 176 Å². The molecule has 0 saturated heterocycles. The van der Waals surface area contributed by atoms with Gasteiger partial charge in [-0.25, -0.2) is 4.98 Å². The van der Waals surface area contributed by atoms with E-state index in [2.05, 4.69) is 27.1 Å². The average molecular weight is 430 g/mol. The molecule has 3 heterocycles. The molecule has 4 rings (SSSR count). The van der Waals surface area contributed by atoms with Gasteiger partial charge < -0.3 is 14.8 Å². The molecule has 1 atom stereocenters. The van der Waals surface area contributed by atoms with Gasteiger partial charge in [-0.2, -0.15) is 0 Å². The van der Waals surface area contributed by atoms with E-state index in [-0.39, 0.29) is 17.8 Å². The highest BCUT2D eigenvalue weighted by Gasteiger charge is 2.28. The summed E-state index contributed by atoms with van der Waals surface area (Å²) in [6, 6.07) is 7.51. The lowest BCUT2D eigenvalue weighted by Crippen LogP contribution is -2.25. The number of thioether (sulfide) groups is 1. The number of anilines is 1. The Morgan fingerprint density at radius 1 is 1.41 bits per heavy atom. The smallest absolute Gasteiger partial charge is 0.236 e. The van der Waals surface area contributed by atoms with Gasteiger partial charge in [0.15, 0.2) is 33.7 Å². The maximum Gasteiger partial charge on any atom is 0.236 e. The number of hydrogen-bond donors (Lipinski definition) is 1. The number of thiazole rings is 1. The molecule has 29 heavy (non-hydrogen) atoms. The fraction of sp³-hybridized carbons (Fsp3) is 0.263. The van der Waals surface area contributed by atoms with E-state index in [1.54, 1.807) is 6.08 Å². The van der Waals surface area contributed by atoms with E-state index in [1.807, 2.05) is 41.1 Å². The number of carbonyl (C=O) groups excluding carboxylic acids is 1. The molecule has 1 amide bonds. The molecule has 1 aliphatic rings. The SMILES string of the molecule is C=CCn1c(SCC(=O)Nc2nc(C)cs2)nnc1C1COc2ccccc2O1. The van der Waals surface area contributed by atoms with Gasteiger partial charge in [0, 0.05) is 11.9 Å². The molecule has 1 unspecified atom stereocenters. The van der Waals surface area contributed by atoms with E-state index in [0.29, 0.717) is 40.8 Å². The van der Waals surface area contributed by atoms with E-state index >= 15 is 0 Å². The summed E-state index contributed by atoms with van der Waals surface area (Å²) in [5, 5.41) is 14.4. The lowest BCUT2D eigenvalue weighted by molar-refractivity contribution is -0.113. The minimum atomic E-state index is -0.390. The lowest BCUT2D eigenvalue weighted by Gasteiger charge is -2.26. The first-order valence-corrected chi connectivity index (χ1v) is 10.8. The fourth-order valence-electron chi connectivity index (χ4n) is 2.79. The van der Waals surface area contributed by atoms with Crippen LogP contribution in [0.1, 0.15) is 17.6 Å². The average Bonchev–Trinajstić information content (AvgIpc) is 3.32. The van der Waals surface area contributed by atoms with Crippen molar-refractivity contribution in [3.63, 3.8) is 0 Å². The number of aryl methyl sites for hydroxylation is 1. The topological polar surface area (TPSA) is 91.2 Å². The van der Waals surface area contributed by atoms with E-state index < -0.39 is 0 Å². The van der Waals surface area contributed by atoms with Crippen LogP contribution < -0.4 is 14.8 Å². The minimum absolute atomic E-state index is 0.148. The molecular weight excluding hydrogens is 410 g/mol. The predicted molar refractivity (Wildman–Crippen MR) is 112 cm³/mol. The van der Waals surface area contributed by atoms with Gasteiger partial charge in [-0.3, -0.25) is 9.36 Å². The second-order valence-corrected chi connectivity index (χ2v) is 8.04. The minimum Gasteiger partial charge on any atom is -0.485 e. The number of benzene rings is 1. The number of fused-ring (bicyclic) bond motifs is 1. The molecule has 2 aromatic heterocycles. The molecule has 8 nitrogen and oxygen atoms in total. The molecular formula is C19H19N5O3S2. The van der Waals surface area contributed by atoms with Crippen LogP contribution in [0.5, 0.6) is 11.5 Å². The molecule has 1 N–H and O–H groups in total. The maximum atomic E-state index is 12.2. The monoisotopic (exact) mass is 429 g/mol. The first kappa shape index (κ1) is 19.5. The van der Waals surface area contributed by atoms with E-state index in [9.17, 15) is 4.79 Å². The Bertz CT molecular complexity index is 1030. The zero-order chi connectivity index (χ0) is 20.2. The van der Waals surface area contributed by atoms with Gasteiger partial charge in [0.1, 0.15) is 6.61 Å². The van der Waals surface area contributed by atoms with Crippen molar-refractivity contribution in [3.05, 3.63) is 53.8 Å². The van der Waals surface area contributed by atoms with Gasteiger partial charge in [0.05, 0.1) is 11.4 Å². The summed E-state index contributed by atoms with van der Waals surface area (Å²) in [4.78, 5) is 16.5. The van der Waals surface area contributed by atoms with Crippen molar-refractivity contribution >= 4 is 34.1 Å². The Morgan fingerprint density at radius 3 is 3.00 bits per heavy atom. The van der Waals surface area contributed by atoms with Gasteiger partial charge >= 0.3 is 0 Å². The van der Waals surface area contributed by atoms with Crippen LogP contribution in [0, 0.1) is 6.92 Å². The van der Waals surface area contributed by atoms with Crippen molar-refractivity contribution in [2.75, 3.05) is 17.7 Å². The van der Waals surface area contributed by atoms with Crippen molar-refractivity contribution in [2.24, 2.45) is 0 Å². The fourth-order valence-corrected chi connectivity index (χ4v) is 4.25. The van der Waals surface area contributed by atoms with Crippen molar-refractivity contribution in [1.82, 2.24) is 19.7 Å². The van der Waals surface area contributed by atoms with E-state index in [1.165, 1.54) is 23.1 Å². The summed E-state index contributed by atoms with van der Waals surface area (Å²) in [5.74, 6) is 2.06. The molecule has 0 saturated carbocycles. The molecule has 3 aromatic rings. The number of amides is 1. The number of hydrogen-bond acceptors (Lipinski definition) is 8. The van der Waals surface area contributed by atoms with Crippen molar-refractivity contribution in [2.45, 2.75) is 24.7 Å². The Morgan fingerprint density at radius 2 is 2.24 bits per heavy atom. The van der Waals surface area contributed by atoms with Crippen LogP contribution in [0.15, 0.2) is 47.5 Å². The summed E-state index contributed by atoms with van der Waals surface area (Å²) in [6.45, 7) is 6.53. The Kier molecular flexibility index (Phi) is 5.81. The number of nitrogens with zero attached hydrogens (tertiary/aromatic N) is 4. The van der Waals surface area contributed by atoms with Crippen LogP contribution in [-0.2, 0) is 11.3 Å². The summed E-state index contributed by atoms with van der Waals surface area (Å²) < 4.78 is 13.7. The highest BCUT2D eigenvalue weighted by molar-refractivity contribution is 7.99. The van der Waals surface area contributed by atoms with Crippen molar-refractivity contribution in [1.29, 1.82) is 0 Å². The molecule has 0 fully saturated rings. The van der Waals surface area contributed by atoms with Crippen LogP contribution in [0.3, 0.4) is 0 Å². The maximum absolute atomic E-state index is 12.2. The lowest BCUT2D eigenvalue weighted by atomic mass is 10.2. The van der Waals surface area contributed by atoms with Crippen LogP contribution in [0.4, 0.5) is 5.13 Å². The van der Waals surface area contributed by atoms with Crippen molar-refractivity contribution < 1.29 is 14.3 Å². The first-order valence-electron chi connectivity index (χ1n) is 8.91. The molecule has 0 spiro atoms. The number of carbonyl (C=O) groups is 1. The zero-order valence-corrected chi connectivity index (χ0v) is 17.3. The van der Waals surface area contributed by atoms with Crippen LogP contribution in [0.2, 0.25) is 0 Å². The third-order valence-corrected chi connectivity index (χ3v) is 5.89. The summed E-state index contributed by atoms with van der Waals surface area (Å²) >= 11 is 2.70. The van der Waals surface area contributed by atoms with Gasteiger partial charge in [0.25, 0.3) is 0 Å². The largest absolute Gasteiger partial charge is 0.485 e. The van der Waals surface area contributed by atoms with Gasteiger partial charge in [-0.1, -0.05) is 30.0 Å². The predicted octanol–water partition coefficient (Wildman–Crippen LogP) is 3.47. The summed E-state index contributed by atoms with van der Waals surface area (Å²) in [5.41, 5.74) is 0.879. The normalized spacial score (nSPS) is 15.1. The molecule has 10 heteroatoms. The van der Waals surface area contributed by atoms with Crippen LogP contribution >= 0.6 is 23.1 Å². The molecule has 1 aromatic carbocycles. The number of nitrogens with one attached hydrogen (secondary N) is 1. The summed E-state index contributed by atoms with van der Waals surface area (Å²) in [6.07, 6.45) is 1.37. The van der Waals surface area contributed by atoms with Crippen LogP contribution in [0.25, 0.3) is 0 Å². The number of allylic oxidation sites excluding steroid dienone is 1. The number of para-hydroxylation sites is 2. The van der Waals surface area contributed by atoms with Gasteiger partial charge in [-0.05, 0) is 19.1 Å². The summed E-state index contributed by atoms with van der Waals surface area (Å²) in [7, 11) is 0. The molecule has 150 valence electrons. The number of ether oxygens (including phenoxy) is 2. The molecule has 0 bridgehead atoms. The first-order chi connectivity index (χ1) is 14.1. The van der Waals surface area contributed by atoms with E-state index in [4.69, 9.17) is 9.47 Å². The Balaban J connectivity index is 1.45. The van der Waals surface area contributed by atoms with Crippen molar-refractivity contribution in [3.8, 4) is 11.5 Å². The molecule has 0 radical (unpaired) electrons. The molecule has 1 aliphatic heterocycles. The highest BCUT2D eigenvalue weighted by atomic mass is 32.2. The second-order valence-electron chi connectivity index (χ2n) is 6.24. The standard InChI is InChI=1S/C19H19N5O3S2/c1-3-8-24-17(15-9-26-13-6-4-5-7-14(13)27-15)22-23-19(24)29-11-16(25)21-18-20-12(2)10-28-18/h3-7,10,15H,1,8-9,11H2,2H3,(H,20,21,25). The molecule has 0 aliphatic carbocycles. The zero-order valence-electron chi connectivity index (χ0n) is 15.7. The Hall–Kier alpha value is -2.85. The number of rotatable bonds is 7. The van der Waals surface area contributed by atoms with E-state index in [0.717, 1.165) is 5.69 Å². The second kappa shape index (κ2) is 8.66. The van der Waals surface area contributed by atoms with Gasteiger partial charge in [0.2, 0.25) is 5.91 Å². The highest BCUT2D eigenvalue weighted by Crippen LogP contribution is 2.36.